The maximum atomic E-state index is 11.4. The summed E-state index contributed by atoms with van der Waals surface area (Å²) >= 11 is 6.09. The van der Waals surface area contributed by atoms with Gasteiger partial charge in [0.05, 0.1) is 21.6 Å². The molecule has 24 heavy (non-hydrogen) atoms. The third kappa shape index (κ3) is 2.52. The summed E-state index contributed by atoms with van der Waals surface area (Å²) in [6.45, 7) is 0. The van der Waals surface area contributed by atoms with E-state index in [0.717, 1.165) is 0 Å². The zero-order valence-corrected chi connectivity index (χ0v) is 13.7. The fraction of sp³-hybridized carbons (Fsp3) is 0. The van der Waals surface area contributed by atoms with Crippen LogP contribution in [-0.4, -0.2) is 18.4 Å². The maximum absolute atomic E-state index is 11.4. The molecule has 8 heteroatoms. The molecule has 0 saturated carbocycles. The fourth-order valence-electron chi connectivity index (χ4n) is 2.45. The molecule has 4 rings (SSSR count). The van der Waals surface area contributed by atoms with E-state index in [0.29, 0.717) is 38.5 Å². The molecule has 4 aromatic rings. The first-order chi connectivity index (χ1) is 11.4. The van der Waals surface area contributed by atoms with Crippen molar-refractivity contribution in [1.82, 2.24) is 9.97 Å². The van der Waals surface area contributed by atoms with E-state index in [2.05, 4.69) is 9.97 Å². The minimum atomic E-state index is -3.77. The van der Waals surface area contributed by atoms with E-state index < -0.39 is 10.0 Å². The first-order valence-electron chi connectivity index (χ1n) is 6.90. The van der Waals surface area contributed by atoms with E-state index in [4.69, 9.17) is 21.2 Å². The summed E-state index contributed by atoms with van der Waals surface area (Å²) in [6.07, 6.45) is 1.56. The van der Waals surface area contributed by atoms with Crippen LogP contribution in [0.5, 0.6) is 0 Å². The largest absolute Gasteiger partial charge is 0.454 e. The van der Waals surface area contributed by atoms with Crippen molar-refractivity contribution in [2.24, 2.45) is 5.14 Å². The molecule has 0 radical (unpaired) electrons. The Morgan fingerprint density at radius 1 is 1.12 bits per heavy atom. The lowest BCUT2D eigenvalue weighted by molar-refractivity contribution is 0.598. The standard InChI is InChI=1S/C16H10ClN3O3S/c17-11-2-1-3-12-16(11)19-8-13(20-12)15-7-9-6-10(24(18,21)22)4-5-14(9)23-15/h1-8H,(H2,18,21,22). The molecule has 2 aromatic carbocycles. The molecule has 0 saturated heterocycles. The quantitative estimate of drug-likeness (QED) is 0.591. The smallest absolute Gasteiger partial charge is 0.238 e. The molecule has 120 valence electrons. The topological polar surface area (TPSA) is 99.1 Å². The molecule has 0 unspecified atom stereocenters. The number of furan rings is 1. The van der Waals surface area contributed by atoms with Crippen molar-refractivity contribution in [3.05, 3.63) is 53.7 Å². The van der Waals surface area contributed by atoms with E-state index >= 15 is 0 Å². The van der Waals surface area contributed by atoms with Crippen molar-refractivity contribution >= 4 is 43.6 Å². The summed E-state index contributed by atoms with van der Waals surface area (Å²) in [5.74, 6) is 0.478. The molecular formula is C16H10ClN3O3S. The van der Waals surface area contributed by atoms with Crippen LogP contribution in [0.25, 0.3) is 33.5 Å². The molecule has 0 fully saturated rings. The van der Waals surface area contributed by atoms with Crippen LogP contribution in [0.15, 0.2) is 58.0 Å². The molecule has 2 N–H and O–H groups in total. The Morgan fingerprint density at radius 3 is 2.75 bits per heavy atom. The minimum absolute atomic E-state index is 0.0266. The highest BCUT2D eigenvalue weighted by Gasteiger charge is 2.13. The first-order valence-corrected chi connectivity index (χ1v) is 8.82. The van der Waals surface area contributed by atoms with Gasteiger partial charge in [-0.1, -0.05) is 17.7 Å². The van der Waals surface area contributed by atoms with Crippen molar-refractivity contribution in [3.63, 3.8) is 0 Å². The Morgan fingerprint density at radius 2 is 1.96 bits per heavy atom. The minimum Gasteiger partial charge on any atom is -0.454 e. The van der Waals surface area contributed by atoms with Crippen LogP contribution < -0.4 is 5.14 Å². The number of hydrogen-bond donors (Lipinski definition) is 1. The average Bonchev–Trinajstić information content (AvgIpc) is 2.97. The molecular weight excluding hydrogens is 350 g/mol. The number of aromatic nitrogens is 2. The Kier molecular flexibility index (Phi) is 3.31. The number of rotatable bonds is 2. The van der Waals surface area contributed by atoms with Gasteiger partial charge in [0.1, 0.15) is 16.8 Å². The predicted octanol–water partition coefficient (Wildman–Crippen LogP) is 3.34. The highest BCUT2D eigenvalue weighted by atomic mass is 35.5. The second-order valence-electron chi connectivity index (χ2n) is 5.22. The Labute approximate surface area is 141 Å². The van der Waals surface area contributed by atoms with Gasteiger partial charge in [-0.25, -0.2) is 18.5 Å². The average molecular weight is 360 g/mol. The molecule has 2 aromatic heterocycles. The first kappa shape index (κ1) is 15.1. The van der Waals surface area contributed by atoms with Gasteiger partial charge in [0.25, 0.3) is 0 Å². The van der Waals surface area contributed by atoms with Crippen LogP contribution in [0.3, 0.4) is 0 Å². The van der Waals surface area contributed by atoms with Gasteiger partial charge < -0.3 is 4.42 Å². The molecule has 0 aliphatic rings. The number of nitrogens with two attached hydrogens (primary N) is 1. The number of halogens is 1. The van der Waals surface area contributed by atoms with Crippen LogP contribution in [0.4, 0.5) is 0 Å². The van der Waals surface area contributed by atoms with Crippen LogP contribution in [0.1, 0.15) is 0 Å². The number of benzene rings is 2. The number of nitrogens with zero attached hydrogens (tertiary/aromatic N) is 2. The van der Waals surface area contributed by atoms with Crippen LogP contribution in [0, 0.1) is 0 Å². The predicted molar refractivity (Wildman–Crippen MR) is 91.1 cm³/mol. The second kappa shape index (κ2) is 5.27. The van der Waals surface area contributed by atoms with Gasteiger partial charge in [0, 0.05) is 5.39 Å². The number of para-hydroxylation sites is 1. The fourth-order valence-corrected chi connectivity index (χ4v) is 3.22. The number of fused-ring (bicyclic) bond motifs is 2. The van der Waals surface area contributed by atoms with E-state index in [9.17, 15) is 8.42 Å². The highest BCUT2D eigenvalue weighted by molar-refractivity contribution is 7.89. The van der Waals surface area contributed by atoms with Gasteiger partial charge >= 0.3 is 0 Å². The third-order valence-electron chi connectivity index (χ3n) is 3.59. The third-order valence-corrected chi connectivity index (χ3v) is 4.81. The number of primary sulfonamides is 1. The van der Waals surface area contributed by atoms with Crippen molar-refractivity contribution in [1.29, 1.82) is 0 Å². The van der Waals surface area contributed by atoms with Crippen LogP contribution in [0.2, 0.25) is 5.02 Å². The second-order valence-corrected chi connectivity index (χ2v) is 7.19. The van der Waals surface area contributed by atoms with E-state index in [-0.39, 0.29) is 4.90 Å². The van der Waals surface area contributed by atoms with E-state index in [1.807, 2.05) is 0 Å². The molecule has 0 aliphatic carbocycles. The summed E-state index contributed by atoms with van der Waals surface area (Å²) in [7, 11) is -3.77. The van der Waals surface area contributed by atoms with Gasteiger partial charge in [0.15, 0.2) is 5.76 Å². The highest BCUT2D eigenvalue weighted by Crippen LogP contribution is 2.29. The Balaban J connectivity index is 1.87. The zero-order chi connectivity index (χ0) is 16.9. The monoisotopic (exact) mass is 359 g/mol. The van der Waals surface area contributed by atoms with Gasteiger partial charge in [-0.05, 0) is 36.4 Å². The lowest BCUT2D eigenvalue weighted by Gasteiger charge is -2.00. The van der Waals surface area contributed by atoms with Crippen molar-refractivity contribution in [2.75, 3.05) is 0 Å². The van der Waals surface area contributed by atoms with Gasteiger partial charge in [-0.15, -0.1) is 0 Å². The SMILES string of the molecule is NS(=O)(=O)c1ccc2oc(-c3cnc4c(Cl)cccc4n3)cc2c1. The van der Waals surface area contributed by atoms with Gasteiger partial charge in [-0.3, -0.25) is 4.98 Å². The summed E-state index contributed by atoms with van der Waals surface area (Å²) in [4.78, 5) is 8.83. The van der Waals surface area contributed by atoms with Gasteiger partial charge in [0.2, 0.25) is 10.0 Å². The number of hydrogen-bond acceptors (Lipinski definition) is 5. The maximum Gasteiger partial charge on any atom is 0.238 e. The van der Waals surface area contributed by atoms with Gasteiger partial charge in [-0.2, -0.15) is 0 Å². The van der Waals surface area contributed by atoms with Crippen LogP contribution in [-0.2, 0) is 10.0 Å². The lowest BCUT2D eigenvalue weighted by Crippen LogP contribution is -2.11. The number of sulfonamides is 1. The summed E-state index contributed by atoms with van der Waals surface area (Å²) < 4.78 is 28.6. The summed E-state index contributed by atoms with van der Waals surface area (Å²) in [5, 5.41) is 6.29. The molecule has 0 amide bonds. The van der Waals surface area contributed by atoms with E-state index in [1.165, 1.54) is 12.1 Å². The normalized spacial score (nSPS) is 12.1. The summed E-state index contributed by atoms with van der Waals surface area (Å²) in [5.41, 5.74) is 2.31. The van der Waals surface area contributed by atoms with E-state index in [1.54, 1.807) is 36.5 Å². The Bertz CT molecular complexity index is 1200. The molecule has 6 nitrogen and oxygen atoms in total. The van der Waals surface area contributed by atoms with Crippen molar-refractivity contribution < 1.29 is 12.8 Å². The molecule has 0 bridgehead atoms. The van der Waals surface area contributed by atoms with Crippen LogP contribution >= 0.6 is 11.6 Å². The molecule has 2 heterocycles. The molecule has 0 aliphatic heterocycles. The van der Waals surface area contributed by atoms with Crippen molar-refractivity contribution in [2.45, 2.75) is 4.90 Å². The summed E-state index contributed by atoms with van der Waals surface area (Å²) in [6, 6.07) is 11.5. The molecule has 0 atom stereocenters. The molecule has 0 spiro atoms. The van der Waals surface area contributed by atoms with Crippen molar-refractivity contribution in [3.8, 4) is 11.5 Å². The zero-order valence-electron chi connectivity index (χ0n) is 12.1. The lowest BCUT2D eigenvalue weighted by atomic mass is 10.2. The Hall–Kier alpha value is -2.48.